The minimum atomic E-state index is 0.645. The van der Waals surface area contributed by atoms with E-state index in [4.69, 9.17) is 0 Å². The molecule has 0 radical (unpaired) electrons. The molecule has 118 valence electrons. The summed E-state index contributed by atoms with van der Waals surface area (Å²) in [7, 11) is 1.84. The van der Waals surface area contributed by atoms with Crippen LogP contribution in [0.2, 0.25) is 0 Å². The molecule has 0 aromatic carbocycles. The molecule has 1 fully saturated rings. The van der Waals surface area contributed by atoms with Gasteiger partial charge in [-0.15, -0.1) is 0 Å². The molecule has 0 saturated carbocycles. The molecule has 5 nitrogen and oxygen atoms in total. The van der Waals surface area contributed by atoms with Gasteiger partial charge in [0.2, 0.25) is 0 Å². The number of aliphatic imine (C=N–C) groups is 1. The number of likely N-dealkylation sites (N-methyl/N-ethyl adjacent to an activating group) is 1. The summed E-state index contributed by atoms with van der Waals surface area (Å²) in [6, 6.07) is 4.75. The van der Waals surface area contributed by atoms with Crippen molar-refractivity contribution in [2.75, 3.05) is 33.2 Å². The van der Waals surface area contributed by atoms with Crippen LogP contribution < -0.4 is 10.6 Å². The molecule has 1 unspecified atom stereocenters. The predicted octanol–water partition coefficient (Wildman–Crippen LogP) is 1.53. The average molecular weight is 291 g/mol. The van der Waals surface area contributed by atoms with Gasteiger partial charge in [0.25, 0.3) is 0 Å². The fraction of sp³-hybridized carbons (Fsp3) is 0.688. The SMILES string of the molecule is CCN1CCCCC1CNC(=NC)NCCn1cccc1. The van der Waals surface area contributed by atoms with E-state index in [2.05, 4.69) is 56.5 Å². The Kier molecular flexibility index (Phi) is 6.60. The monoisotopic (exact) mass is 291 g/mol. The van der Waals surface area contributed by atoms with Crippen molar-refractivity contribution in [3.05, 3.63) is 24.5 Å². The van der Waals surface area contributed by atoms with E-state index in [1.165, 1.54) is 25.8 Å². The number of likely N-dealkylation sites (tertiary alicyclic amines) is 1. The van der Waals surface area contributed by atoms with E-state index in [1.807, 2.05) is 7.05 Å². The second-order valence-corrected chi connectivity index (χ2v) is 5.58. The van der Waals surface area contributed by atoms with Gasteiger partial charge in [-0.05, 0) is 38.1 Å². The molecule has 0 spiro atoms. The van der Waals surface area contributed by atoms with Crippen molar-refractivity contribution in [1.82, 2.24) is 20.1 Å². The van der Waals surface area contributed by atoms with Crippen molar-refractivity contribution >= 4 is 5.96 Å². The second-order valence-electron chi connectivity index (χ2n) is 5.58. The highest BCUT2D eigenvalue weighted by Crippen LogP contribution is 2.15. The molecular formula is C16H29N5. The number of hydrogen-bond donors (Lipinski definition) is 2. The molecule has 1 saturated heterocycles. The summed E-state index contributed by atoms with van der Waals surface area (Å²) < 4.78 is 2.17. The third-order valence-electron chi connectivity index (χ3n) is 4.21. The lowest BCUT2D eigenvalue weighted by Crippen LogP contribution is -2.49. The zero-order valence-corrected chi connectivity index (χ0v) is 13.4. The van der Waals surface area contributed by atoms with Gasteiger partial charge in [-0.1, -0.05) is 13.3 Å². The Balaban J connectivity index is 1.69. The fourth-order valence-electron chi connectivity index (χ4n) is 2.97. The predicted molar refractivity (Wildman–Crippen MR) is 88.7 cm³/mol. The van der Waals surface area contributed by atoms with Crippen LogP contribution in [0.4, 0.5) is 0 Å². The number of nitrogens with zero attached hydrogens (tertiary/aromatic N) is 3. The van der Waals surface area contributed by atoms with Gasteiger partial charge in [0.15, 0.2) is 5.96 Å². The van der Waals surface area contributed by atoms with Crippen LogP contribution in [0.5, 0.6) is 0 Å². The van der Waals surface area contributed by atoms with Crippen LogP contribution >= 0.6 is 0 Å². The Morgan fingerprint density at radius 2 is 2.05 bits per heavy atom. The van der Waals surface area contributed by atoms with Crippen LogP contribution in [0.25, 0.3) is 0 Å². The number of nitrogens with one attached hydrogen (secondary N) is 2. The molecule has 0 aliphatic carbocycles. The lowest BCUT2D eigenvalue weighted by molar-refractivity contribution is 0.157. The second kappa shape index (κ2) is 8.72. The molecule has 1 aromatic heterocycles. The van der Waals surface area contributed by atoms with E-state index in [1.54, 1.807) is 0 Å². The van der Waals surface area contributed by atoms with Gasteiger partial charge in [0.1, 0.15) is 0 Å². The molecule has 1 aromatic rings. The zero-order valence-electron chi connectivity index (χ0n) is 13.4. The Hall–Kier alpha value is -1.49. The third-order valence-corrected chi connectivity index (χ3v) is 4.21. The molecule has 2 heterocycles. The molecule has 1 atom stereocenters. The highest BCUT2D eigenvalue weighted by Gasteiger charge is 2.20. The van der Waals surface area contributed by atoms with Gasteiger partial charge in [0.05, 0.1) is 0 Å². The zero-order chi connectivity index (χ0) is 14.9. The molecule has 0 amide bonds. The molecule has 1 aliphatic rings. The maximum atomic E-state index is 4.31. The summed E-state index contributed by atoms with van der Waals surface area (Å²) >= 11 is 0. The lowest BCUT2D eigenvalue weighted by atomic mass is 10.0. The summed E-state index contributed by atoms with van der Waals surface area (Å²) in [5.41, 5.74) is 0. The van der Waals surface area contributed by atoms with Crippen LogP contribution in [0.3, 0.4) is 0 Å². The van der Waals surface area contributed by atoms with E-state index in [9.17, 15) is 0 Å². The molecule has 1 aliphatic heterocycles. The Morgan fingerprint density at radius 1 is 1.24 bits per heavy atom. The highest BCUT2D eigenvalue weighted by atomic mass is 15.2. The largest absolute Gasteiger partial charge is 0.355 e. The van der Waals surface area contributed by atoms with Crippen molar-refractivity contribution in [2.45, 2.75) is 38.8 Å². The molecule has 5 heteroatoms. The van der Waals surface area contributed by atoms with Gasteiger partial charge in [-0.3, -0.25) is 9.89 Å². The van der Waals surface area contributed by atoms with Crippen molar-refractivity contribution < 1.29 is 0 Å². The maximum absolute atomic E-state index is 4.31. The van der Waals surface area contributed by atoms with Crippen molar-refractivity contribution in [3.63, 3.8) is 0 Å². The summed E-state index contributed by atoms with van der Waals surface area (Å²) in [6.07, 6.45) is 8.15. The van der Waals surface area contributed by atoms with Gasteiger partial charge in [0, 0.05) is 45.1 Å². The smallest absolute Gasteiger partial charge is 0.191 e. The van der Waals surface area contributed by atoms with E-state index in [-0.39, 0.29) is 0 Å². The normalized spacial score (nSPS) is 20.5. The Morgan fingerprint density at radius 3 is 2.76 bits per heavy atom. The van der Waals surface area contributed by atoms with Gasteiger partial charge in [-0.2, -0.15) is 0 Å². The summed E-state index contributed by atoms with van der Waals surface area (Å²) in [5.74, 6) is 0.906. The van der Waals surface area contributed by atoms with Crippen LogP contribution in [-0.4, -0.2) is 54.7 Å². The van der Waals surface area contributed by atoms with Crippen LogP contribution in [0.15, 0.2) is 29.5 Å². The average Bonchev–Trinajstić information content (AvgIpc) is 3.04. The van der Waals surface area contributed by atoms with Crippen molar-refractivity contribution in [3.8, 4) is 0 Å². The Labute approximate surface area is 128 Å². The van der Waals surface area contributed by atoms with Crippen molar-refractivity contribution in [2.24, 2.45) is 4.99 Å². The topological polar surface area (TPSA) is 44.6 Å². The number of guanidine groups is 1. The van der Waals surface area contributed by atoms with Crippen LogP contribution in [0.1, 0.15) is 26.2 Å². The van der Waals surface area contributed by atoms with Crippen molar-refractivity contribution in [1.29, 1.82) is 0 Å². The summed E-state index contributed by atoms with van der Waals surface area (Å²) in [5, 5.41) is 6.85. The van der Waals surface area contributed by atoms with E-state index in [0.29, 0.717) is 6.04 Å². The number of piperidine rings is 1. The lowest BCUT2D eigenvalue weighted by Gasteiger charge is -2.35. The van der Waals surface area contributed by atoms with Gasteiger partial charge < -0.3 is 15.2 Å². The van der Waals surface area contributed by atoms with Crippen LogP contribution in [0, 0.1) is 0 Å². The van der Waals surface area contributed by atoms with E-state index >= 15 is 0 Å². The van der Waals surface area contributed by atoms with Gasteiger partial charge in [-0.25, -0.2) is 0 Å². The first-order valence-electron chi connectivity index (χ1n) is 8.12. The number of aromatic nitrogens is 1. The fourth-order valence-corrected chi connectivity index (χ4v) is 2.97. The van der Waals surface area contributed by atoms with Crippen LogP contribution in [-0.2, 0) is 6.54 Å². The van der Waals surface area contributed by atoms with E-state index in [0.717, 1.165) is 32.1 Å². The molecule has 0 bridgehead atoms. The molecule has 2 N–H and O–H groups in total. The number of rotatable bonds is 6. The quantitative estimate of drug-likeness (QED) is 0.617. The molecular weight excluding hydrogens is 262 g/mol. The minimum Gasteiger partial charge on any atom is -0.355 e. The molecule has 2 rings (SSSR count). The third kappa shape index (κ3) is 5.08. The number of hydrogen-bond acceptors (Lipinski definition) is 2. The first kappa shape index (κ1) is 15.9. The highest BCUT2D eigenvalue weighted by molar-refractivity contribution is 5.79. The Bertz CT molecular complexity index is 412. The first-order valence-corrected chi connectivity index (χ1v) is 8.12. The molecule has 21 heavy (non-hydrogen) atoms. The minimum absolute atomic E-state index is 0.645. The van der Waals surface area contributed by atoms with E-state index < -0.39 is 0 Å². The maximum Gasteiger partial charge on any atom is 0.191 e. The van der Waals surface area contributed by atoms with Gasteiger partial charge >= 0.3 is 0 Å². The summed E-state index contributed by atoms with van der Waals surface area (Å²) in [4.78, 5) is 6.88. The summed E-state index contributed by atoms with van der Waals surface area (Å²) in [6.45, 7) is 7.46. The standard InChI is InChI=1S/C16H29N5/c1-3-21-12-5-4-8-15(21)14-19-16(17-2)18-9-13-20-10-6-7-11-20/h6-7,10-11,15H,3-5,8-9,12-14H2,1-2H3,(H2,17,18,19). The first-order chi connectivity index (χ1) is 10.3.